The van der Waals surface area contributed by atoms with Gasteiger partial charge in [-0.1, -0.05) is 11.6 Å². The average Bonchev–Trinajstić information content (AvgIpc) is 2.70. The second kappa shape index (κ2) is 5.17. The predicted molar refractivity (Wildman–Crippen MR) is 72.2 cm³/mol. The van der Waals surface area contributed by atoms with Crippen LogP contribution in [0, 0.1) is 12.7 Å². The second-order valence-corrected chi connectivity index (χ2v) is 5.56. The van der Waals surface area contributed by atoms with Crippen molar-refractivity contribution in [2.45, 2.75) is 13.5 Å². The molecule has 4 heteroatoms. The zero-order valence-corrected chi connectivity index (χ0v) is 11.3. The molecule has 0 spiro atoms. The fourth-order valence-electron chi connectivity index (χ4n) is 1.73. The number of halogens is 2. The maximum absolute atomic E-state index is 13.4. The molecule has 0 fully saturated rings. The lowest BCUT2D eigenvalue weighted by molar-refractivity contribution is 0.624. The fourth-order valence-corrected chi connectivity index (χ4v) is 2.82. The van der Waals surface area contributed by atoms with Gasteiger partial charge in [-0.25, -0.2) is 4.39 Å². The van der Waals surface area contributed by atoms with Gasteiger partial charge in [-0.2, -0.15) is 0 Å². The van der Waals surface area contributed by atoms with Crippen molar-refractivity contribution in [3.63, 3.8) is 0 Å². The van der Waals surface area contributed by atoms with E-state index in [1.54, 1.807) is 17.4 Å². The van der Waals surface area contributed by atoms with Gasteiger partial charge in [0.05, 0.1) is 5.02 Å². The smallest absolute Gasteiger partial charge is 0.142 e. The Morgan fingerprint density at radius 1 is 1.35 bits per heavy atom. The van der Waals surface area contributed by atoms with Crippen LogP contribution in [0.25, 0.3) is 10.4 Å². The molecule has 0 saturated heterocycles. The molecule has 1 aromatic heterocycles. The van der Waals surface area contributed by atoms with E-state index in [1.165, 1.54) is 10.9 Å². The van der Waals surface area contributed by atoms with Crippen LogP contribution in [0.15, 0.2) is 24.3 Å². The lowest BCUT2D eigenvalue weighted by atomic mass is 10.1. The number of aryl methyl sites for hydroxylation is 1. The standard InChI is InChI=1S/C13H13ClFNS/c1-8-3-4-13(17-8)10-6-11(14)12(15)5-9(10)7-16-2/h3-6,16H,7H2,1-2H3. The highest BCUT2D eigenvalue weighted by molar-refractivity contribution is 7.15. The summed E-state index contributed by atoms with van der Waals surface area (Å²) in [4.78, 5) is 2.35. The van der Waals surface area contributed by atoms with Crippen molar-refractivity contribution in [3.8, 4) is 10.4 Å². The van der Waals surface area contributed by atoms with Crippen molar-refractivity contribution in [2.24, 2.45) is 0 Å². The third kappa shape index (κ3) is 2.68. The molecule has 2 rings (SSSR count). The van der Waals surface area contributed by atoms with E-state index in [0.717, 1.165) is 16.0 Å². The van der Waals surface area contributed by atoms with Crippen LogP contribution in [0.5, 0.6) is 0 Å². The van der Waals surface area contributed by atoms with Gasteiger partial charge in [0.15, 0.2) is 0 Å². The van der Waals surface area contributed by atoms with E-state index in [4.69, 9.17) is 11.6 Å². The predicted octanol–water partition coefficient (Wildman–Crippen LogP) is 4.24. The van der Waals surface area contributed by atoms with E-state index < -0.39 is 0 Å². The van der Waals surface area contributed by atoms with Crippen LogP contribution in [0.2, 0.25) is 5.02 Å². The van der Waals surface area contributed by atoms with Gasteiger partial charge in [-0.15, -0.1) is 11.3 Å². The zero-order valence-electron chi connectivity index (χ0n) is 9.68. The molecule has 0 bridgehead atoms. The lowest BCUT2D eigenvalue weighted by Crippen LogP contribution is -2.06. The Balaban J connectivity index is 2.54. The topological polar surface area (TPSA) is 12.0 Å². The van der Waals surface area contributed by atoms with Gasteiger partial charge in [0.1, 0.15) is 5.82 Å². The number of hydrogen-bond acceptors (Lipinski definition) is 2. The van der Waals surface area contributed by atoms with Crippen LogP contribution in [0.4, 0.5) is 4.39 Å². The van der Waals surface area contributed by atoms with Crippen LogP contribution >= 0.6 is 22.9 Å². The molecule has 0 unspecified atom stereocenters. The van der Waals surface area contributed by atoms with Crippen molar-refractivity contribution in [1.29, 1.82) is 0 Å². The summed E-state index contributed by atoms with van der Waals surface area (Å²) in [5, 5.41) is 3.21. The highest BCUT2D eigenvalue weighted by atomic mass is 35.5. The minimum atomic E-state index is -0.367. The van der Waals surface area contributed by atoms with Gasteiger partial charge >= 0.3 is 0 Å². The Morgan fingerprint density at radius 3 is 2.71 bits per heavy atom. The van der Waals surface area contributed by atoms with Crippen LogP contribution in [0.3, 0.4) is 0 Å². The third-order valence-electron chi connectivity index (χ3n) is 2.52. The molecule has 1 N–H and O–H groups in total. The van der Waals surface area contributed by atoms with E-state index in [0.29, 0.717) is 6.54 Å². The number of benzene rings is 1. The SMILES string of the molecule is CNCc1cc(F)c(Cl)cc1-c1ccc(C)s1. The first-order valence-corrected chi connectivity index (χ1v) is 6.50. The fraction of sp³-hybridized carbons (Fsp3) is 0.231. The summed E-state index contributed by atoms with van der Waals surface area (Å²) in [6, 6.07) is 7.31. The molecular formula is C13H13ClFNS. The number of thiophene rings is 1. The molecular weight excluding hydrogens is 257 g/mol. The van der Waals surface area contributed by atoms with Crippen molar-refractivity contribution < 1.29 is 4.39 Å². The molecule has 0 amide bonds. The molecule has 0 aliphatic rings. The van der Waals surface area contributed by atoms with E-state index in [2.05, 4.69) is 18.3 Å². The summed E-state index contributed by atoms with van der Waals surface area (Å²) < 4.78 is 13.4. The Labute approximate surface area is 109 Å². The first kappa shape index (κ1) is 12.6. The van der Waals surface area contributed by atoms with Crippen LogP contribution < -0.4 is 5.32 Å². The van der Waals surface area contributed by atoms with Crippen molar-refractivity contribution in [2.75, 3.05) is 7.05 Å². The summed E-state index contributed by atoms with van der Waals surface area (Å²) in [5.41, 5.74) is 1.93. The minimum absolute atomic E-state index is 0.172. The minimum Gasteiger partial charge on any atom is -0.316 e. The number of nitrogens with one attached hydrogen (secondary N) is 1. The molecule has 0 aliphatic carbocycles. The molecule has 1 aromatic carbocycles. The van der Waals surface area contributed by atoms with E-state index in [-0.39, 0.29) is 10.8 Å². The molecule has 1 nitrogen and oxygen atoms in total. The van der Waals surface area contributed by atoms with Crippen molar-refractivity contribution in [3.05, 3.63) is 45.5 Å². The summed E-state index contributed by atoms with van der Waals surface area (Å²) >= 11 is 7.54. The van der Waals surface area contributed by atoms with E-state index in [1.807, 2.05) is 13.1 Å². The number of hydrogen-bond donors (Lipinski definition) is 1. The summed E-state index contributed by atoms with van der Waals surface area (Å²) in [6.07, 6.45) is 0. The Kier molecular flexibility index (Phi) is 3.82. The monoisotopic (exact) mass is 269 g/mol. The van der Waals surface area contributed by atoms with Crippen LogP contribution in [-0.2, 0) is 6.54 Å². The maximum atomic E-state index is 13.4. The Hall–Kier alpha value is -0.900. The quantitative estimate of drug-likeness (QED) is 0.879. The van der Waals surface area contributed by atoms with Crippen LogP contribution in [0.1, 0.15) is 10.4 Å². The van der Waals surface area contributed by atoms with Crippen molar-refractivity contribution >= 4 is 22.9 Å². The Morgan fingerprint density at radius 2 is 2.12 bits per heavy atom. The number of rotatable bonds is 3. The normalized spacial score (nSPS) is 10.8. The summed E-state index contributed by atoms with van der Waals surface area (Å²) in [5.74, 6) is -0.367. The highest BCUT2D eigenvalue weighted by Crippen LogP contribution is 2.33. The summed E-state index contributed by atoms with van der Waals surface area (Å²) in [6.45, 7) is 2.68. The van der Waals surface area contributed by atoms with Gasteiger partial charge in [0, 0.05) is 16.3 Å². The molecule has 0 radical (unpaired) electrons. The first-order valence-electron chi connectivity index (χ1n) is 5.31. The molecule has 2 aromatic rings. The molecule has 1 heterocycles. The molecule has 17 heavy (non-hydrogen) atoms. The van der Waals surface area contributed by atoms with Gasteiger partial charge in [-0.3, -0.25) is 0 Å². The first-order chi connectivity index (χ1) is 8.11. The van der Waals surface area contributed by atoms with Gasteiger partial charge in [-0.05, 0) is 49.4 Å². The lowest BCUT2D eigenvalue weighted by Gasteiger charge is -2.09. The second-order valence-electron chi connectivity index (χ2n) is 3.86. The maximum Gasteiger partial charge on any atom is 0.142 e. The highest BCUT2D eigenvalue weighted by Gasteiger charge is 2.11. The van der Waals surface area contributed by atoms with E-state index >= 15 is 0 Å². The zero-order chi connectivity index (χ0) is 12.4. The van der Waals surface area contributed by atoms with E-state index in [9.17, 15) is 4.39 Å². The summed E-state index contributed by atoms with van der Waals surface area (Å²) in [7, 11) is 1.84. The molecule has 0 atom stereocenters. The van der Waals surface area contributed by atoms with Gasteiger partial charge < -0.3 is 5.32 Å². The average molecular weight is 270 g/mol. The molecule has 0 aliphatic heterocycles. The van der Waals surface area contributed by atoms with Crippen LogP contribution in [-0.4, -0.2) is 7.05 Å². The van der Waals surface area contributed by atoms with Gasteiger partial charge in [0.2, 0.25) is 0 Å². The Bertz CT molecular complexity index is 536. The molecule has 90 valence electrons. The largest absolute Gasteiger partial charge is 0.316 e. The third-order valence-corrected chi connectivity index (χ3v) is 3.84. The molecule has 0 saturated carbocycles. The van der Waals surface area contributed by atoms with Crippen molar-refractivity contribution in [1.82, 2.24) is 5.32 Å². The van der Waals surface area contributed by atoms with Gasteiger partial charge in [0.25, 0.3) is 0 Å².